The van der Waals surface area contributed by atoms with E-state index in [-0.39, 0.29) is 23.7 Å². The first-order valence-electron chi connectivity index (χ1n) is 5.27. The maximum absolute atomic E-state index is 11.6. The zero-order valence-electron chi connectivity index (χ0n) is 9.17. The summed E-state index contributed by atoms with van der Waals surface area (Å²) in [6.45, 7) is 1.82. The van der Waals surface area contributed by atoms with Gasteiger partial charge in [0.2, 0.25) is 11.8 Å². The van der Waals surface area contributed by atoms with Crippen LogP contribution >= 0.6 is 27.5 Å². The average Bonchev–Trinajstić information content (AvgIpc) is 2.27. The molecule has 1 aromatic carbocycles. The molecule has 2 unspecified atom stereocenters. The molecule has 5 heteroatoms. The van der Waals surface area contributed by atoms with Crippen LogP contribution < -0.4 is 5.32 Å². The van der Waals surface area contributed by atoms with Crippen molar-refractivity contribution in [2.45, 2.75) is 19.3 Å². The SMILES string of the molecule is CC1C(=O)NC(=O)CC1c1ccc(Br)c(Cl)c1. The van der Waals surface area contributed by atoms with Crippen LogP contribution in [0.2, 0.25) is 5.02 Å². The summed E-state index contributed by atoms with van der Waals surface area (Å²) in [7, 11) is 0. The van der Waals surface area contributed by atoms with Crippen LogP contribution in [-0.4, -0.2) is 11.8 Å². The predicted octanol–water partition coefficient (Wildman–Crippen LogP) is 2.87. The summed E-state index contributed by atoms with van der Waals surface area (Å²) >= 11 is 9.34. The molecule has 0 aliphatic carbocycles. The van der Waals surface area contributed by atoms with Crippen LogP contribution in [0.1, 0.15) is 24.8 Å². The van der Waals surface area contributed by atoms with Gasteiger partial charge in [-0.05, 0) is 33.6 Å². The Kier molecular flexibility index (Phi) is 3.54. The fourth-order valence-corrected chi connectivity index (χ4v) is 2.45. The van der Waals surface area contributed by atoms with Gasteiger partial charge in [0, 0.05) is 22.7 Å². The van der Waals surface area contributed by atoms with Gasteiger partial charge >= 0.3 is 0 Å². The lowest BCUT2D eigenvalue weighted by molar-refractivity contribution is -0.136. The van der Waals surface area contributed by atoms with Gasteiger partial charge in [-0.25, -0.2) is 0 Å². The summed E-state index contributed by atoms with van der Waals surface area (Å²) in [5, 5.41) is 2.93. The number of halogens is 2. The molecule has 0 radical (unpaired) electrons. The molecule has 2 amide bonds. The van der Waals surface area contributed by atoms with Crippen molar-refractivity contribution in [2.75, 3.05) is 0 Å². The Labute approximate surface area is 113 Å². The zero-order valence-corrected chi connectivity index (χ0v) is 11.5. The molecule has 2 atom stereocenters. The van der Waals surface area contributed by atoms with E-state index < -0.39 is 0 Å². The maximum Gasteiger partial charge on any atom is 0.230 e. The molecule has 2 rings (SSSR count). The van der Waals surface area contributed by atoms with Gasteiger partial charge < -0.3 is 0 Å². The lowest BCUT2D eigenvalue weighted by atomic mass is 9.81. The van der Waals surface area contributed by atoms with Crippen LogP contribution in [0.5, 0.6) is 0 Å². The number of imide groups is 1. The highest BCUT2D eigenvalue weighted by Gasteiger charge is 2.33. The van der Waals surface area contributed by atoms with Crippen molar-refractivity contribution in [2.24, 2.45) is 5.92 Å². The van der Waals surface area contributed by atoms with Crippen LogP contribution in [0.25, 0.3) is 0 Å². The first-order valence-corrected chi connectivity index (χ1v) is 6.45. The van der Waals surface area contributed by atoms with Crippen LogP contribution in [0, 0.1) is 5.92 Å². The molecule has 1 saturated heterocycles. The highest BCUT2D eigenvalue weighted by atomic mass is 79.9. The molecule has 90 valence electrons. The number of rotatable bonds is 1. The minimum Gasteiger partial charge on any atom is -0.296 e. The summed E-state index contributed by atoms with van der Waals surface area (Å²) in [6.07, 6.45) is 0.324. The van der Waals surface area contributed by atoms with Crippen LogP contribution in [0.3, 0.4) is 0 Å². The minimum atomic E-state index is -0.225. The van der Waals surface area contributed by atoms with Gasteiger partial charge in [0.15, 0.2) is 0 Å². The Morgan fingerprint density at radius 1 is 1.41 bits per heavy atom. The van der Waals surface area contributed by atoms with Crippen molar-refractivity contribution >= 4 is 39.3 Å². The molecular formula is C12H11BrClNO2. The van der Waals surface area contributed by atoms with Crippen molar-refractivity contribution in [1.29, 1.82) is 0 Å². The topological polar surface area (TPSA) is 46.2 Å². The molecule has 1 fully saturated rings. The highest BCUT2D eigenvalue weighted by molar-refractivity contribution is 9.10. The first kappa shape index (κ1) is 12.6. The van der Waals surface area contributed by atoms with E-state index in [4.69, 9.17) is 11.6 Å². The smallest absolute Gasteiger partial charge is 0.230 e. The quantitative estimate of drug-likeness (QED) is 0.810. The Morgan fingerprint density at radius 3 is 2.76 bits per heavy atom. The van der Waals surface area contributed by atoms with Crippen molar-refractivity contribution < 1.29 is 9.59 Å². The summed E-state index contributed by atoms with van der Waals surface area (Å²) < 4.78 is 0.808. The lowest BCUT2D eigenvalue weighted by Crippen LogP contribution is -2.43. The van der Waals surface area contributed by atoms with Crippen molar-refractivity contribution in [3.05, 3.63) is 33.3 Å². The van der Waals surface area contributed by atoms with Gasteiger partial charge in [-0.2, -0.15) is 0 Å². The third kappa shape index (κ3) is 2.53. The third-order valence-electron chi connectivity index (χ3n) is 3.06. The second-order valence-electron chi connectivity index (χ2n) is 4.19. The molecule has 1 aliphatic heterocycles. The van der Waals surface area contributed by atoms with Gasteiger partial charge in [0.1, 0.15) is 0 Å². The normalized spacial score (nSPS) is 24.6. The molecule has 0 saturated carbocycles. The number of nitrogens with one attached hydrogen (secondary N) is 1. The fourth-order valence-electron chi connectivity index (χ4n) is 2.01. The molecular weight excluding hydrogens is 305 g/mol. The van der Waals surface area contributed by atoms with E-state index in [0.717, 1.165) is 10.0 Å². The molecule has 1 aliphatic rings. The van der Waals surface area contributed by atoms with Gasteiger partial charge in [-0.1, -0.05) is 24.6 Å². The Morgan fingerprint density at radius 2 is 2.12 bits per heavy atom. The Bertz CT molecular complexity index is 489. The Balaban J connectivity index is 2.34. The molecule has 0 bridgehead atoms. The van der Waals surface area contributed by atoms with E-state index in [2.05, 4.69) is 21.2 Å². The molecule has 0 spiro atoms. The largest absolute Gasteiger partial charge is 0.296 e. The molecule has 3 nitrogen and oxygen atoms in total. The lowest BCUT2D eigenvalue weighted by Gasteiger charge is -2.27. The van der Waals surface area contributed by atoms with Crippen LogP contribution in [0.4, 0.5) is 0 Å². The number of hydrogen-bond donors (Lipinski definition) is 1. The highest BCUT2D eigenvalue weighted by Crippen LogP contribution is 2.34. The minimum absolute atomic E-state index is 0.0955. The summed E-state index contributed by atoms with van der Waals surface area (Å²) in [5.41, 5.74) is 0.925. The van der Waals surface area contributed by atoms with Gasteiger partial charge in [-0.15, -0.1) is 0 Å². The van der Waals surface area contributed by atoms with E-state index in [1.54, 1.807) is 6.07 Å². The molecule has 1 aromatic rings. The van der Waals surface area contributed by atoms with Crippen LogP contribution in [0.15, 0.2) is 22.7 Å². The molecule has 1 heterocycles. The number of piperidine rings is 1. The fraction of sp³-hybridized carbons (Fsp3) is 0.333. The number of carbonyl (C=O) groups excluding carboxylic acids is 2. The molecule has 0 aromatic heterocycles. The number of amides is 2. The predicted molar refractivity (Wildman–Crippen MR) is 68.8 cm³/mol. The summed E-state index contributed by atoms with van der Waals surface area (Å²) in [6, 6.07) is 5.53. The maximum atomic E-state index is 11.6. The average molecular weight is 317 g/mol. The number of benzene rings is 1. The summed E-state index contributed by atoms with van der Waals surface area (Å²) in [4.78, 5) is 22.9. The van der Waals surface area contributed by atoms with E-state index in [0.29, 0.717) is 11.4 Å². The van der Waals surface area contributed by atoms with E-state index in [1.807, 2.05) is 19.1 Å². The van der Waals surface area contributed by atoms with E-state index >= 15 is 0 Å². The van der Waals surface area contributed by atoms with Gasteiger partial charge in [0.05, 0.1) is 5.02 Å². The Hall–Kier alpha value is -0.870. The number of hydrogen-bond acceptors (Lipinski definition) is 2. The molecule has 17 heavy (non-hydrogen) atoms. The summed E-state index contributed by atoms with van der Waals surface area (Å²) in [5.74, 6) is -0.755. The third-order valence-corrected chi connectivity index (χ3v) is 4.29. The van der Waals surface area contributed by atoms with E-state index in [1.165, 1.54) is 0 Å². The standard InChI is InChI=1S/C12H11BrClNO2/c1-6-8(5-11(16)15-12(6)17)7-2-3-9(13)10(14)4-7/h2-4,6,8H,5H2,1H3,(H,15,16,17). The van der Waals surface area contributed by atoms with Crippen molar-refractivity contribution in [1.82, 2.24) is 5.32 Å². The monoisotopic (exact) mass is 315 g/mol. The van der Waals surface area contributed by atoms with Crippen LogP contribution in [-0.2, 0) is 9.59 Å². The van der Waals surface area contributed by atoms with E-state index in [9.17, 15) is 9.59 Å². The molecule has 1 N–H and O–H groups in total. The zero-order chi connectivity index (χ0) is 12.6. The second-order valence-corrected chi connectivity index (χ2v) is 5.45. The van der Waals surface area contributed by atoms with Crippen molar-refractivity contribution in [3.63, 3.8) is 0 Å². The van der Waals surface area contributed by atoms with Gasteiger partial charge in [0.25, 0.3) is 0 Å². The van der Waals surface area contributed by atoms with Crippen molar-refractivity contribution in [3.8, 4) is 0 Å². The second kappa shape index (κ2) is 4.78. The number of carbonyl (C=O) groups is 2. The van der Waals surface area contributed by atoms with Gasteiger partial charge in [-0.3, -0.25) is 14.9 Å². The first-order chi connectivity index (χ1) is 7.99.